The highest BCUT2D eigenvalue weighted by molar-refractivity contribution is 14.1. The maximum absolute atomic E-state index is 12.6. The molecule has 0 aromatic heterocycles. The molecule has 0 amide bonds. The summed E-state index contributed by atoms with van der Waals surface area (Å²) in [5, 5.41) is 21.0. The Hall–Kier alpha value is 0.140. The van der Waals surface area contributed by atoms with Crippen molar-refractivity contribution >= 4 is 33.8 Å². The van der Waals surface area contributed by atoms with Gasteiger partial charge < -0.3 is 20.5 Å². The fourth-order valence-electron chi connectivity index (χ4n) is 2.89. The molecule has 2 unspecified atom stereocenters. The molecule has 1 aromatic rings. The number of benzene rings is 1. The highest BCUT2D eigenvalue weighted by atomic mass is 127. The van der Waals surface area contributed by atoms with Crippen LogP contribution in [0.15, 0.2) is 29.2 Å². The fraction of sp³-hybridized carbons (Fsp3) is 0.625. The quantitative estimate of drug-likeness (QED) is 0.362. The van der Waals surface area contributed by atoms with Crippen molar-refractivity contribution in [3.63, 3.8) is 0 Å². The standard InChI is InChI=1S/C16H24INO3S/c17-16(20,9-10-18)13-5-4-6-14(11-13)22(21)12-15(19)7-2-1-3-8-15/h4-6,11,19-20H,1-3,7-10,12,18H2. The molecule has 1 saturated carbocycles. The van der Waals surface area contributed by atoms with Gasteiger partial charge in [-0.2, -0.15) is 0 Å². The fourth-order valence-corrected chi connectivity index (χ4v) is 4.97. The van der Waals surface area contributed by atoms with E-state index in [1.165, 1.54) is 0 Å². The minimum atomic E-state index is -1.27. The summed E-state index contributed by atoms with van der Waals surface area (Å²) < 4.78 is 11.6. The molecule has 2 atom stereocenters. The van der Waals surface area contributed by atoms with Crippen LogP contribution in [0.4, 0.5) is 0 Å². The first-order valence-electron chi connectivity index (χ1n) is 7.69. The maximum Gasteiger partial charge on any atom is 0.153 e. The molecular formula is C16H24INO3S. The summed E-state index contributed by atoms with van der Waals surface area (Å²) in [4.78, 5) is 0.656. The van der Waals surface area contributed by atoms with Crippen LogP contribution in [0.25, 0.3) is 0 Å². The molecule has 124 valence electrons. The number of hydrogen-bond acceptors (Lipinski definition) is 4. The molecular weight excluding hydrogens is 413 g/mol. The predicted molar refractivity (Wildman–Crippen MR) is 97.3 cm³/mol. The van der Waals surface area contributed by atoms with Crippen LogP contribution in [0, 0.1) is 0 Å². The van der Waals surface area contributed by atoms with Crippen molar-refractivity contribution in [3.05, 3.63) is 29.8 Å². The molecule has 2 rings (SSSR count). The van der Waals surface area contributed by atoms with Crippen molar-refractivity contribution in [2.24, 2.45) is 5.73 Å². The van der Waals surface area contributed by atoms with Gasteiger partial charge in [0.1, 0.15) is 15.0 Å². The van der Waals surface area contributed by atoms with Crippen molar-refractivity contribution in [3.8, 4) is 0 Å². The number of aliphatic hydroxyl groups is 2. The summed E-state index contributed by atoms with van der Waals surface area (Å²) in [6.45, 7) is 0.381. The molecule has 1 aliphatic carbocycles. The molecule has 0 heterocycles. The number of rotatable bonds is 6. The molecule has 1 fully saturated rings. The second-order valence-corrected chi connectivity index (χ2v) is 9.34. The van der Waals surface area contributed by atoms with E-state index >= 15 is 0 Å². The van der Waals surface area contributed by atoms with E-state index in [2.05, 4.69) is 0 Å². The highest BCUT2D eigenvalue weighted by Gasteiger charge is 2.35. The van der Waals surface area contributed by atoms with Gasteiger partial charge in [0.25, 0.3) is 0 Å². The summed E-state index contributed by atoms with van der Waals surface area (Å²) in [6, 6.07) is 7.18. The molecule has 4 N–H and O–H groups in total. The van der Waals surface area contributed by atoms with E-state index in [0.29, 0.717) is 23.4 Å². The lowest BCUT2D eigenvalue weighted by molar-refractivity contribution is 0.0257. The van der Waals surface area contributed by atoms with Gasteiger partial charge in [0, 0.05) is 12.5 Å². The SMILES string of the molecule is NCCC(O)(I)c1cccc([S+]([O-])CC2(O)CCCCC2)c1. The topological polar surface area (TPSA) is 89.5 Å². The highest BCUT2D eigenvalue weighted by Crippen LogP contribution is 2.35. The van der Waals surface area contributed by atoms with Crippen LogP contribution in [0.2, 0.25) is 0 Å². The maximum atomic E-state index is 12.6. The Morgan fingerprint density at radius 3 is 2.64 bits per heavy atom. The molecule has 4 nitrogen and oxygen atoms in total. The number of alkyl halides is 1. The van der Waals surface area contributed by atoms with E-state index in [9.17, 15) is 14.8 Å². The van der Waals surface area contributed by atoms with Crippen LogP contribution in [-0.4, -0.2) is 32.7 Å². The Kier molecular flexibility index (Phi) is 6.56. The van der Waals surface area contributed by atoms with Crippen molar-refractivity contribution in [1.29, 1.82) is 0 Å². The van der Waals surface area contributed by atoms with E-state index in [4.69, 9.17) is 5.73 Å². The second kappa shape index (κ2) is 7.81. The third-order valence-corrected chi connectivity index (χ3v) is 6.94. The summed E-state index contributed by atoms with van der Waals surface area (Å²) >= 11 is 0.702. The zero-order valence-corrected chi connectivity index (χ0v) is 15.6. The molecule has 0 saturated heterocycles. The van der Waals surface area contributed by atoms with Crippen LogP contribution in [-0.2, 0) is 14.8 Å². The van der Waals surface area contributed by atoms with Crippen molar-refractivity contribution in [1.82, 2.24) is 0 Å². The minimum absolute atomic E-state index is 0.271. The average Bonchev–Trinajstić information content (AvgIpc) is 2.47. The largest absolute Gasteiger partial charge is 0.611 e. The van der Waals surface area contributed by atoms with Gasteiger partial charge in [-0.25, -0.2) is 0 Å². The Labute approximate surface area is 148 Å². The molecule has 6 heteroatoms. The van der Waals surface area contributed by atoms with Crippen LogP contribution in [0.1, 0.15) is 44.1 Å². The molecule has 0 aliphatic heterocycles. The smallest absolute Gasteiger partial charge is 0.153 e. The van der Waals surface area contributed by atoms with Gasteiger partial charge in [0.05, 0.1) is 0 Å². The van der Waals surface area contributed by atoms with Gasteiger partial charge in [-0.1, -0.05) is 31.4 Å². The normalized spacial score (nSPS) is 22.0. The summed E-state index contributed by atoms with van der Waals surface area (Å²) in [5.41, 5.74) is 5.43. The Balaban J connectivity index is 2.11. The van der Waals surface area contributed by atoms with Gasteiger partial charge in [-0.05, 0) is 64.8 Å². The van der Waals surface area contributed by atoms with E-state index in [1.54, 1.807) is 18.2 Å². The number of hydrogen-bond donors (Lipinski definition) is 3. The first kappa shape index (κ1) is 18.5. The second-order valence-electron chi connectivity index (χ2n) is 6.10. The van der Waals surface area contributed by atoms with Gasteiger partial charge >= 0.3 is 0 Å². The van der Waals surface area contributed by atoms with Gasteiger partial charge in [0.2, 0.25) is 0 Å². The van der Waals surface area contributed by atoms with Crippen molar-refractivity contribution in [2.75, 3.05) is 12.3 Å². The van der Waals surface area contributed by atoms with E-state index in [-0.39, 0.29) is 5.75 Å². The molecule has 1 aromatic carbocycles. The lowest BCUT2D eigenvalue weighted by atomic mass is 9.86. The van der Waals surface area contributed by atoms with Crippen molar-refractivity contribution in [2.45, 2.75) is 52.6 Å². The molecule has 0 bridgehead atoms. The first-order chi connectivity index (χ1) is 10.4. The lowest BCUT2D eigenvalue weighted by Gasteiger charge is -2.32. The Morgan fingerprint density at radius 2 is 2.00 bits per heavy atom. The predicted octanol–water partition coefficient (Wildman–Crippen LogP) is 2.42. The van der Waals surface area contributed by atoms with Crippen LogP contribution < -0.4 is 5.73 Å². The van der Waals surface area contributed by atoms with Gasteiger partial charge in [-0.3, -0.25) is 0 Å². The molecule has 1 aliphatic rings. The van der Waals surface area contributed by atoms with Crippen LogP contribution in [0.3, 0.4) is 0 Å². The van der Waals surface area contributed by atoms with Gasteiger partial charge in [-0.15, -0.1) is 0 Å². The van der Waals surface area contributed by atoms with E-state index in [0.717, 1.165) is 32.1 Å². The molecule has 0 radical (unpaired) electrons. The van der Waals surface area contributed by atoms with Crippen molar-refractivity contribution < 1.29 is 14.8 Å². The monoisotopic (exact) mass is 437 g/mol. The third kappa shape index (κ3) is 4.82. The molecule has 0 spiro atoms. The first-order valence-corrected chi connectivity index (χ1v) is 10.1. The summed E-state index contributed by atoms with van der Waals surface area (Å²) in [7, 11) is 0. The zero-order valence-electron chi connectivity index (χ0n) is 12.6. The number of nitrogens with two attached hydrogens (primary N) is 1. The van der Waals surface area contributed by atoms with Gasteiger partial charge in [0.15, 0.2) is 4.90 Å². The van der Waals surface area contributed by atoms with E-state index in [1.807, 2.05) is 28.7 Å². The average molecular weight is 437 g/mol. The summed E-state index contributed by atoms with van der Waals surface area (Å²) in [6.07, 6.45) is 5.03. The van der Waals surface area contributed by atoms with E-state index < -0.39 is 20.4 Å². The van der Waals surface area contributed by atoms with Crippen LogP contribution >= 0.6 is 22.6 Å². The molecule has 22 heavy (non-hydrogen) atoms. The Bertz CT molecular complexity index is 492. The number of halogens is 1. The minimum Gasteiger partial charge on any atom is -0.611 e. The van der Waals surface area contributed by atoms with Crippen LogP contribution in [0.5, 0.6) is 0 Å². The Morgan fingerprint density at radius 1 is 1.32 bits per heavy atom. The third-order valence-electron chi connectivity index (χ3n) is 4.20. The summed E-state index contributed by atoms with van der Waals surface area (Å²) in [5.74, 6) is 0.271. The lowest BCUT2D eigenvalue weighted by Crippen LogP contribution is -2.39. The zero-order chi connectivity index (χ0) is 16.2.